The molecule has 3 nitrogen and oxygen atoms in total. The number of para-hydroxylation sites is 3. The molecule has 0 aliphatic heterocycles. The Bertz CT molecular complexity index is 3890. The summed E-state index contributed by atoms with van der Waals surface area (Å²) in [5.41, 5.74) is 13.1. The summed E-state index contributed by atoms with van der Waals surface area (Å²) >= 11 is 1.85. The second-order valence-corrected chi connectivity index (χ2v) is 17.1. The van der Waals surface area contributed by atoms with Crippen molar-refractivity contribution >= 4 is 103 Å². The molecule has 0 aliphatic rings. The van der Waals surface area contributed by atoms with Crippen LogP contribution in [0.2, 0.25) is 0 Å². The van der Waals surface area contributed by atoms with Gasteiger partial charge in [0.1, 0.15) is 11.2 Å². The largest absolute Gasteiger partial charge is 0.455 e. The van der Waals surface area contributed by atoms with Crippen molar-refractivity contribution in [1.82, 2.24) is 4.57 Å². The number of fused-ring (bicyclic) bond motifs is 11. The van der Waals surface area contributed by atoms with Gasteiger partial charge < -0.3 is 13.9 Å². The van der Waals surface area contributed by atoms with Crippen LogP contribution < -0.4 is 4.90 Å². The van der Waals surface area contributed by atoms with E-state index in [0.29, 0.717) is 0 Å². The molecular weight excluding hydrogens is 773 g/mol. The van der Waals surface area contributed by atoms with Gasteiger partial charge in [-0.2, -0.15) is 0 Å². The lowest BCUT2D eigenvalue weighted by atomic mass is 9.97. The van der Waals surface area contributed by atoms with Crippen LogP contribution in [0, 0.1) is 0 Å². The van der Waals surface area contributed by atoms with E-state index in [1.54, 1.807) is 0 Å². The first-order chi connectivity index (χ1) is 30.8. The third-order valence-corrected chi connectivity index (χ3v) is 13.7. The Kier molecular flexibility index (Phi) is 7.78. The molecule has 0 spiro atoms. The highest BCUT2D eigenvalue weighted by atomic mass is 32.1. The van der Waals surface area contributed by atoms with E-state index in [0.717, 1.165) is 66.6 Å². The third kappa shape index (κ3) is 5.30. The molecule has 4 heteroatoms. The lowest BCUT2D eigenvalue weighted by Crippen LogP contribution is -2.11. The van der Waals surface area contributed by atoms with Crippen molar-refractivity contribution in [3.8, 4) is 27.9 Å². The standard InChI is InChI=1S/C58H36N2OS/c1-2-17-40(18-3-1)59-50-26-10-7-23-46(50)56-43(24-13-27-51(56)59)38-16-12-19-41(35-38)60(52-28-14-29-53-57(52)47-33-31-37-15-4-5-21-44(37)58(47)61-53)49-25-9-6-20-42(49)39-32-34-55-48(36-39)45-22-8-11-30-54(45)62-55/h1-36H. The first-order valence-electron chi connectivity index (χ1n) is 21.1. The van der Waals surface area contributed by atoms with E-state index in [-0.39, 0.29) is 0 Å². The maximum absolute atomic E-state index is 6.82. The first-order valence-corrected chi connectivity index (χ1v) is 21.9. The van der Waals surface area contributed by atoms with Gasteiger partial charge in [0.25, 0.3) is 0 Å². The van der Waals surface area contributed by atoms with Crippen LogP contribution in [0.25, 0.3) is 103 Å². The molecule has 13 aromatic rings. The highest BCUT2D eigenvalue weighted by molar-refractivity contribution is 7.25. The minimum atomic E-state index is 0.858. The van der Waals surface area contributed by atoms with E-state index >= 15 is 0 Å². The van der Waals surface area contributed by atoms with Gasteiger partial charge in [-0.1, -0.05) is 140 Å². The summed E-state index contributed by atoms with van der Waals surface area (Å²) in [6.45, 7) is 0. The Labute approximate surface area is 361 Å². The summed E-state index contributed by atoms with van der Waals surface area (Å²) in [4.78, 5) is 2.45. The van der Waals surface area contributed by atoms with E-state index in [1.165, 1.54) is 53.1 Å². The van der Waals surface area contributed by atoms with Crippen molar-refractivity contribution in [3.05, 3.63) is 218 Å². The van der Waals surface area contributed by atoms with Gasteiger partial charge in [-0.25, -0.2) is 0 Å². The lowest BCUT2D eigenvalue weighted by Gasteiger charge is -2.29. The van der Waals surface area contributed by atoms with Gasteiger partial charge >= 0.3 is 0 Å². The minimum Gasteiger partial charge on any atom is -0.455 e. The monoisotopic (exact) mass is 808 g/mol. The number of hydrogen-bond donors (Lipinski definition) is 0. The zero-order valence-electron chi connectivity index (χ0n) is 33.5. The molecule has 0 saturated heterocycles. The molecule has 3 heterocycles. The van der Waals surface area contributed by atoms with Gasteiger partial charge in [0.15, 0.2) is 0 Å². The van der Waals surface area contributed by atoms with Crippen molar-refractivity contribution in [1.29, 1.82) is 0 Å². The Morgan fingerprint density at radius 1 is 0.403 bits per heavy atom. The lowest BCUT2D eigenvalue weighted by molar-refractivity contribution is 0.672. The number of anilines is 3. The van der Waals surface area contributed by atoms with E-state index < -0.39 is 0 Å². The van der Waals surface area contributed by atoms with Crippen LogP contribution in [-0.4, -0.2) is 4.57 Å². The summed E-state index contributed by atoms with van der Waals surface area (Å²) in [6.07, 6.45) is 0. The van der Waals surface area contributed by atoms with Gasteiger partial charge in [0, 0.05) is 58.7 Å². The molecule has 0 atom stereocenters. The molecule has 0 unspecified atom stereocenters. The molecule has 290 valence electrons. The zero-order chi connectivity index (χ0) is 40.7. The van der Waals surface area contributed by atoms with Crippen LogP contribution in [0.3, 0.4) is 0 Å². The SMILES string of the molecule is c1ccc(-n2c3ccccc3c3c(-c4cccc(N(c5ccccc5-c5ccc6sc7ccccc7c6c5)c5cccc6oc7c8ccccc8ccc7c56)c4)cccc32)cc1. The topological polar surface area (TPSA) is 21.3 Å². The van der Waals surface area contributed by atoms with Crippen LogP contribution in [0.1, 0.15) is 0 Å². The Morgan fingerprint density at radius 3 is 2.03 bits per heavy atom. The summed E-state index contributed by atoms with van der Waals surface area (Å²) in [5.74, 6) is 0. The zero-order valence-corrected chi connectivity index (χ0v) is 34.3. The molecule has 62 heavy (non-hydrogen) atoms. The van der Waals surface area contributed by atoms with Gasteiger partial charge in [-0.3, -0.25) is 0 Å². The van der Waals surface area contributed by atoms with Crippen LogP contribution in [0.5, 0.6) is 0 Å². The molecular formula is C58H36N2OS. The van der Waals surface area contributed by atoms with E-state index in [2.05, 4.69) is 228 Å². The van der Waals surface area contributed by atoms with Crippen LogP contribution in [0.4, 0.5) is 17.1 Å². The highest BCUT2D eigenvalue weighted by Crippen LogP contribution is 2.49. The predicted molar refractivity (Wildman–Crippen MR) is 264 cm³/mol. The Hall–Kier alpha value is -7.92. The molecule has 0 amide bonds. The average Bonchev–Trinajstić information content (AvgIpc) is 4.02. The van der Waals surface area contributed by atoms with Crippen molar-refractivity contribution in [2.24, 2.45) is 0 Å². The van der Waals surface area contributed by atoms with E-state index in [4.69, 9.17) is 4.42 Å². The molecule has 0 aliphatic carbocycles. The summed E-state index contributed by atoms with van der Waals surface area (Å²) < 4.78 is 11.8. The first kappa shape index (κ1) is 34.9. The van der Waals surface area contributed by atoms with E-state index in [9.17, 15) is 0 Å². The number of hydrogen-bond acceptors (Lipinski definition) is 3. The van der Waals surface area contributed by atoms with Gasteiger partial charge in [0.2, 0.25) is 0 Å². The quantitative estimate of drug-likeness (QED) is 0.167. The Balaban J connectivity index is 1.07. The maximum Gasteiger partial charge on any atom is 0.143 e. The van der Waals surface area contributed by atoms with Crippen molar-refractivity contribution in [2.45, 2.75) is 0 Å². The number of benzene rings is 10. The predicted octanol–water partition coefficient (Wildman–Crippen LogP) is 17.0. The number of thiophene rings is 1. The molecule has 0 saturated carbocycles. The maximum atomic E-state index is 6.82. The number of furan rings is 1. The van der Waals surface area contributed by atoms with Crippen molar-refractivity contribution in [2.75, 3.05) is 4.90 Å². The minimum absolute atomic E-state index is 0.858. The average molecular weight is 809 g/mol. The second-order valence-electron chi connectivity index (χ2n) is 16.0. The van der Waals surface area contributed by atoms with Gasteiger partial charge in [0.05, 0.1) is 27.8 Å². The Morgan fingerprint density at radius 2 is 1.10 bits per heavy atom. The molecule has 0 fully saturated rings. The van der Waals surface area contributed by atoms with Gasteiger partial charge in [-0.05, 0) is 101 Å². The normalized spacial score (nSPS) is 11.9. The molecule has 0 bridgehead atoms. The number of rotatable bonds is 6. The second kappa shape index (κ2) is 13.8. The fourth-order valence-electron chi connectivity index (χ4n) is 9.86. The fraction of sp³-hybridized carbons (Fsp3) is 0. The number of nitrogens with zero attached hydrogens (tertiary/aromatic N) is 2. The smallest absolute Gasteiger partial charge is 0.143 e. The summed E-state index contributed by atoms with van der Waals surface area (Å²) in [7, 11) is 0. The molecule has 13 rings (SSSR count). The molecule has 10 aromatic carbocycles. The van der Waals surface area contributed by atoms with Crippen LogP contribution >= 0.6 is 11.3 Å². The number of aromatic nitrogens is 1. The molecule has 0 radical (unpaired) electrons. The van der Waals surface area contributed by atoms with Crippen LogP contribution in [0.15, 0.2) is 223 Å². The van der Waals surface area contributed by atoms with Crippen molar-refractivity contribution < 1.29 is 4.42 Å². The third-order valence-electron chi connectivity index (χ3n) is 12.6. The van der Waals surface area contributed by atoms with Crippen LogP contribution in [-0.2, 0) is 0 Å². The van der Waals surface area contributed by atoms with Crippen molar-refractivity contribution in [3.63, 3.8) is 0 Å². The van der Waals surface area contributed by atoms with E-state index in [1.807, 2.05) is 11.3 Å². The molecule has 3 aromatic heterocycles. The highest BCUT2D eigenvalue weighted by Gasteiger charge is 2.24. The summed E-state index contributed by atoms with van der Waals surface area (Å²) in [5, 5.41) is 9.49. The van der Waals surface area contributed by atoms with Gasteiger partial charge in [-0.15, -0.1) is 11.3 Å². The fourth-order valence-corrected chi connectivity index (χ4v) is 10.9. The molecule has 0 N–H and O–H groups in total. The summed E-state index contributed by atoms with van der Waals surface area (Å²) in [6, 6.07) is 79.2.